The van der Waals surface area contributed by atoms with Crippen molar-refractivity contribution in [3.63, 3.8) is 0 Å². The second kappa shape index (κ2) is 8.47. The van der Waals surface area contributed by atoms with Crippen molar-refractivity contribution in [1.82, 2.24) is 5.32 Å². The van der Waals surface area contributed by atoms with Gasteiger partial charge in [-0.05, 0) is 43.5 Å². The number of aryl methyl sites for hydroxylation is 2. The maximum Gasteiger partial charge on any atom is 0.224 e. The molecule has 2 aromatic carbocycles. The summed E-state index contributed by atoms with van der Waals surface area (Å²) < 4.78 is 0. The molecule has 1 N–H and O–H groups in total. The van der Waals surface area contributed by atoms with Crippen LogP contribution in [0.25, 0.3) is 0 Å². The van der Waals surface area contributed by atoms with Crippen molar-refractivity contribution in [3.8, 4) is 0 Å². The van der Waals surface area contributed by atoms with Gasteiger partial charge >= 0.3 is 0 Å². The molecule has 2 amide bonds. The number of nitrogens with one attached hydrogen (secondary N) is 1. The fourth-order valence-corrected chi connectivity index (χ4v) is 2.74. The molecule has 0 aliphatic carbocycles. The second-order valence-electron chi connectivity index (χ2n) is 6.40. The van der Waals surface area contributed by atoms with Crippen LogP contribution in [0.5, 0.6) is 0 Å². The highest BCUT2D eigenvalue weighted by Crippen LogP contribution is 2.22. The van der Waals surface area contributed by atoms with Gasteiger partial charge in [0, 0.05) is 25.7 Å². The Morgan fingerprint density at radius 3 is 2.32 bits per heavy atom. The normalized spacial score (nSPS) is 10.4. The summed E-state index contributed by atoms with van der Waals surface area (Å²) in [5.41, 5.74) is 5.30. The van der Waals surface area contributed by atoms with Gasteiger partial charge in [-0.3, -0.25) is 9.59 Å². The monoisotopic (exact) mass is 338 g/mol. The highest BCUT2D eigenvalue weighted by molar-refractivity contribution is 5.92. The predicted molar refractivity (Wildman–Crippen MR) is 102 cm³/mol. The van der Waals surface area contributed by atoms with Crippen molar-refractivity contribution in [2.45, 2.75) is 34.1 Å². The van der Waals surface area contributed by atoms with Gasteiger partial charge in [0.25, 0.3) is 0 Å². The molecule has 0 saturated carbocycles. The van der Waals surface area contributed by atoms with Gasteiger partial charge < -0.3 is 10.2 Å². The third kappa shape index (κ3) is 5.18. The van der Waals surface area contributed by atoms with Gasteiger partial charge in [0.05, 0.1) is 6.42 Å². The summed E-state index contributed by atoms with van der Waals surface area (Å²) in [5, 5.41) is 2.90. The van der Waals surface area contributed by atoms with Crippen LogP contribution in [0.3, 0.4) is 0 Å². The molecule has 0 aliphatic heterocycles. The molecular formula is C21H26N2O2. The third-order valence-electron chi connectivity index (χ3n) is 4.39. The summed E-state index contributed by atoms with van der Waals surface area (Å²) >= 11 is 0. The van der Waals surface area contributed by atoms with Gasteiger partial charge in [0.1, 0.15) is 0 Å². The van der Waals surface area contributed by atoms with Gasteiger partial charge in [0.15, 0.2) is 0 Å². The first-order chi connectivity index (χ1) is 11.9. The molecule has 0 aliphatic rings. The molecule has 4 nitrogen and oxygen atoms in total. The Kier molecular flexibility index (Phi) is 6.34. The molecule has 2 rings (SSSR count). The number of hydrogen-bond acceptors (Lipinski definition) is 2. The second-order valence-corrected chi connectivity index (χ2v) is 6.40. The first-order valence-electron chi connectivity index (χ1n) is 8.55. The first-order valence-corrected chi connectivity index (χ1v) is 8.55. The average molecular weight is 338 g/mol. The van der Waals surface area contributed by atoms with Gasteiger partial charge in [-0.15, -0.1) is 0 Å². The van der Waals surface area contributed by atoms with Crippen LogP contribution in [0.1, 0.15) is 29.2 Å². The molecule has 4 heteroatoms. The van der Waals surface area contributed by atoms with Crippen LogP contribution in [0.15, 0.2) is 42.5 Å². The topological polar surface area (TPSA) is 49.4 Å². The van der Waals surface area contributed by atoms with Crippen LogP contribution in [0, 0.1) is 20.8 Å². The lowest BCUT2D eigenvalue weighted by atomic mass is 10.1. The number of nitrogens with zero attached hydrogens (tertiary/aromatic N) is 1. The third-order valence-corrected chi connectivity index (χ3v) is 4.39. The van der Waals surface area contributed by atoms with Gasteiger partial charge in [-0.1, -0.05) is 42.0 Å². The smallest absolute Gasteiger partial charge is 0.224 e. The molecule has 0 bridgehead atoms. The zero-order valence-electron chi connectivity index (χ0n) is 15.4. The van der Waals surface area contributed by atoms with E-state index in [-0.39, 0.29) is 11.8 Å². The average Bonchev–Trinajstić information content (AvgIpc) is 2.56. The predicted octanol–water partition coefficient (Wildman–Crippen LogP) is 3.32. The lowest BCUT2D eigenvalue weighted by Gasteiger charge is -2.24. The molecule has 0 heterocycles. The lowest BCUT2D eigenvalue weighted by molar-refractivity contribution is -0.121. The van der Waals surface area contributed by atoms with Crippen LogP contribution < -0.4 is 10.2 Å². The summed E-state index contributed by atoms with van der Waals surface area (Å²) in [6.07, 6.45) is 0.351. The molecule has 132 valence electrons. The van der Waals surface area contributed by atoms with E-state index < -0.39 is 0 Å². The summed E-state index contributed by atoms with van der Waals surface area (Å²) in [4.78, 5) is 25.8. The Balaban J connectivity index is 1.93. The van der Waals surface area contributed by atoms with Crippen molar-refractivity contribution < 1.29 is 9.59 Å². The Bertz CT molecular complexity index is 751. The van der Waals surface area contributed by atoms with Crippen molar-refractivity contribution in [1.29, 1.82) is 0 Å². The number of carbonyl (C=O) groups excluding carboxylic acids is 2. The highest BCUT2D eigenvalue weighted by atomic mass is 16.2. The minimum Gasteiger partial charge on any atom is -0.354 e. The van der Waals surface area contributed by atoms with Gasteiger partial charge in [-0.2, -0.15) is 0 Å². The molecule has 0 spiro atoms. The first kappa shape index (κ1) is 18.7. The molecule has 0 saturated heterocycles. The zero-order chi connectivity index (χ0) is 18.4. The van der Waals surface area contributed by atoms with Crippen molar-refractivity contribution >= 4 is 17.5 Å². The molecular weight excluding hydrogens is 312 g/mol. The molecule has 0 unspecified atom stereocenters. The minimum atomic E-state index is -0.0340. The Labute approximate surface area is 149 Å². The number of carbonyl (C=O) groups is 2. The fourth-order valence-electron chi connectivity index (χ4n) is 2.74. The molecule has 0 atom stereocenters. The molecule has 0 fully saturated rings. The van der Waals surface area contributed by atoms with E-state index in [1.54, 1.807) is 11.8 Å². The lowest BCUT2D eigenvalue weighted by Crippen LogP contribution is -2.38. The summed E-state index contributed by atoms with van der Waals surface area (Å²) in [6, 6.07) is 13.9. The van der Waals surface area contributed by atoms with Crippen LogP contribution in [-0.2, 0) is 16.0 Å². The maximum absolute atomic E-state index is 12.1. The largest absolute Gasteiger partial charge is 0.354 e. The summed E-state index contributed by atoms with van der Waals surface area (Å²) in [6.45, 7) is 8.50. The van der Waals surface area contributed by atoms with E-state index in [0.29, 0.717) is 19.5 Å². The van der Waals surface area contributed by atoms with E-state index in [4.69, 9.17) is 0 Å². The molecule has 0 aromatic heterocycles. The van der Waals surface area contributed by atoms with Gasteiger partial charge in [-0.25, -0.2) is 0 Å². The van der Waals surface area contributed by atoms with E-state index in [2.05, 4.69) is 5.32 Å². The van der Waals surface area contributed by atoms with Gasteiger partial charge in [0.2, 0.25) is 11.8 Å². The maximum atomic E-state index is 12.1. The quantitative estimate of drug-likeness (QED) is 0.878. The zero-order valence-corrected chi connectivity index (χ0v) is 15.4. The fraction of sp³-hybridized carbons (Fsp3) is 0.333. The summed E-state index contributed by atoms with van der Waals surface area (Å²) in [5.74, 6) is -0.0604. The van der Waals surface area contributed by atoms with E-state index in [1.165, 1.54) is 5.56 Å². The number of anilines is 1. The summed E-state index contributed by atoms with van der Waals surface area (Å²) in [7, 11) is 0. The number of benzene rings is 2. The number of amides is 2. The van der Waals surface area contributed by atoms with Crippen LogP contribution in [-0.4, -0.2) is 24.9 Å². The number of hydrogen-bond donors (Lipinski definition) is 1. The Hall–Kier alpha value is -2.62. The van der Waals surface area contributed by atoms with Crippen molar-refractivity contribution in [2.24, 2.45) is 0 Å². The molecule has 25 heavy (non-hydrogen) atoms. The van der Waals surface area contributed by atoms with Crippen LogP contribution >= 0.6 is 0 Å². The Morgan fingerprint density at radius 2 is 1.68 bits per heavy atom. The SMILES string of the molecule is CC(=O)N(CCNC(=O)Cc1ccc(C)cc1)c1cccc(C)c1C. The Morgan fingerprint density at radius 1 is 1.00 bits per heavy atom. The van der Waals surface area contributed by atoms with E-state index >= 15 is 0 Å². The molecule has 0 radical (unpaired) electrons. The van der Waals surface area contributed by atoms with Crippen molar-refractivity contribution in [2.75, 3.05) is 18.0 Å². The van der Waals surface area contributed by atoms with E-state index in [1.807, 2.05) is 63.2 Å². The van der Waals surface area contributed by atoms with Crippen LogP contribution in [0.4, 0.5) is 5.69 Å². The highest BCUT2D eigenvalue weighted by Gasteiger charge is 2.14. The standard InChI is InChI=1S/C21H26N2O2/c1-15-8-10-19(11-9-15)14-21(25)22-12-13-23(18(4)24)20-7-5-6-16(2)17(20)3/h5-11H,12-14H2,1-4H3,(H,22,25). The van der Waals surface area contributed by atoms with E-state index in [0.717, 1.165) is 22.4 Å². The minimum absolute atomic E-state index is 0.0264. The number of rotatable bonds is 6. The van der Waals surface area contributed by atoms with Crippen LogP contribution in [0.2, 0.25) is 0 Å². The van der Waals surface area contributed by atoms with Crippen molar-refractivity contribution in [3.05, 3.63) is 64.7 Å². The molecule has 2 aromatic rings. The van der Waals surface area contributed by atoms with E-state index in [9.17, 15) is 9.59 Å².